The van der Waals surface area contributed by atoms with Gasteiger partial charge in [-0.3, -0.25) is 19.2 Å². The number of aromatic hydroxyl groups is 1. The first kappa shape index (κ1) is 38.4. The molecule has 0 bridgehead atoms. The molecule has 11 N–H and O–H groups in total. The van der Waals surface area contributed by atoms with E-state index in [0.29, 0.717) is 36.4 Å². The molecule has 0 unspecified atom stereocenters. The molecular formula is C29H44N8O7S2. The number of carboxylic acids is 1. The molecule has 2 aromatic rings. The highest BCUT2D eigenvalue weighted by Crippen LogP contribution is 2.13. The standard InChI is InChI=1S/C29H44N8O7S2/c1-46-11-9-22(27(41)37-24(29(43)44)13-18-14-32-16-33-18)35-28(42)23(12-17-5-7-19(38)8-6-17)36-26(40)21(4-2-3-10-30)34-25(39)20(31)15-45/h5-8,14,16,20-24,38,45H,2-4,9-13,15,30-31H2,1H3,(H,32,33)(H,34,39)(H,35,42)(H,36,40)(H,37,41)(H,43,44)/t20-,21-,22-,23-,24-/m0/s1. The number of nitrogens with one attached hydrogen (secondary N) is 5. The number of imidazole rings is 1. The first-order chi connectivity index (χ1) is 22.0. The summed E-state index contributed by atoms with van der Waals surface area (Å²) in [6.07, 6.45) is 6.14. The van der Waals surface area contributed by atoms with Crippen LogP contribution in [-0.4, -0.2) is 104 Å². The smallest absolute Gasteiger partial charge is 0.326 e. The molecule has 1 aromatic carbocycles. The predicted molar refractivity (Wildman–Crippen MR) is 177 cm³/mol. The molecule has 0 radical (unpaired) electrons. The Balaban J connectivity index is 2.30. The molecule has 0 saturated heterocycles. The molecule has 1 aromatic heterocycles. The number of hydrogen-bond acceptors (Lipinski definition) is 11. The molecule has 0 aliphatic heterocycles. The Kier molecular flexibility index (Phi) is 17.0. The highest BCUT2D eigenvalue weighted by Gasteiger charge is 2.32. The van der Waals surface area contributed by atoms with Gasteiger partial charge in [0.1, 0.15) is 29.9 Å². The lowest BCUT2D eigenvalue weighted by Crippen LogP contribution is -2.59. The Hall–Kier alpha value is -3.80. The zero-order chi connectivity index (χ0) is 34.1. The number of aromatic amines is 1. The van der Waals surface area contributed by atoms with E-state index in [1.807, 2.05) is 6.26 Å². The van der Waals surface area contributed by atoms with E-state index in [9.17, 15) is 34.2 Å². The first-order valence-electron chi connectivity index (χ1n) is 14.7. The van der Waals surface area contributed by atoms with Gasteiger partial charge in [-0.05, 0) is 61.9 Å². The van der Waals surface area contributed by atoms with Crippen LogP contribution in [0.4, 0.5) is 0 Å². The van der Waals surface area contributed by atoms with Crippen LogP contribution in [-0.2, 0) is 36.8 Å². The van der Waals surface area contributed by atoms with Gasteiger partial charge in [0.25, 0.3) is 0 Å². The Bertz CT molecular complexity index is 1270. The number of nitrogens with two attached hydrogens (primary N) is 2. The summed E-state index contributed by atoms with van der Waals surface area (Å²) < 4.78 is 0. The average molecular weight is 681 g/mol. The van der Waals surface area contributed by atoms with E-state index in [2.05, 4.69) is 43.9 Å². The molecule has 15 nitrogen and oxygen atoms in total. The fourth-order valence-corrected chi connectivity index (χ4v) is 4.97. The maximum absolute atomic E-state index is 13.7. The number of phenolic OH excluding ortho intramolecular Hbond substituents is 1. The summed E-state index contributed by atoms with van der Waals surface area (Å²) in [5.41, 5.74) is 12.4. The van der Waals surface area contributed by atoms with Crippen LogP contribution in [0.15, 0.2) is 36.8 Å². The van der Waals surface area contributed by atoms with Gasteiger partial charge >= 0.3 is 5.97 Å². The summed E-state index contributed by atoms with van der Waals surface area (Å²) in [7, 11) is 0. The zero-order valence-electron chi connectivity index (χ0n) is 25.6. The number of hydrogen-bond donors (Lipinski definition) is 10. The molecule has 0 spiro atoms. The van der Waals surface area contributed by atoms with E-state index in [0.717, 1.165) is 0 Å². The average Bonchev–Trinajstić information content (AvgIpc) is 3.55. The Morgan fingerprint density at radius 3 is 2.04 bits per heavy atom. The second-order valence-electron chi connectivity index (χ2n) is 10.6. The van der Waals surface area contributed by atoms with Crippen molar-refractivity contribution in [2.24, 2.45) is 11.5 Å². The van der Waals surface area contributed by atoms with Crippen molar-refractivity contribution >= 4 is 54.0 Å². The van der Waals surface area contributed by atoms with E-state index in [1.54, 1.807) is 12.1 Å². The van der Waals surface area contributed by atoms with Gasteiger partial charge in [0.15, 0.2) is 0 Å². The number of H-pyrrole nitrogens is 1. The maximum atomic E-state index is 13.7. The minimum Gasteiger partial charge on any atom is -0.508 e. The Labute approximate surface area is 277 Å². The highest BCUT2D eigenvalue weighted by atomic mass is 32.2. The lowest BCUT2D eigenvalue weighted by Gasteiger charge is -2.26. The molecule has 0 aliphatic rings. The minimum atomic E-state index is -1.31. The fraction of sp³-hybridized carbons (Fsp3) is 0.517. The third-order valence-electron chi connectivity index (χ3n) is 6.95. The van der Waals surface area contributed by atoms with Crippen molar-refractivity contribution in [3.8, 4) is 5.75 Å². The van der Waals surface area contributed by atoms with Crippen LogP contribution in [0.2, 0.25) is 0 Å². The molecule has 0 fully saturated rings. The largest absolute Gasteiger partial charge is 0.508 e. The van der Waals surface area contributed by atoms with Gasteiger partial charge in [0.05, 0.1) is 18.1 Å². The van der Waals surface area contributed by atoms with Crippen molar-refractivity contribution in [3.63, 3.8) is 0 Å². The zero-order valence-corrected chi connectivity index (χ0v) is 27.3. The molecule has 0 aliphatic carbocycles. The third kappa shape index (κ3) is 13.3. The van der Waals surface area contributed by atoms with Crippen molar-refractivity contribution in [3.05, 3.63) is 48.0 Å². The number of nitrogens with zero attached hydrogens (tertiary/aromatic N) is 1. The second kappa shape index (κ2) is 20.3. The summed E-state index contributed by atoms with van der Waals surface area (Å²) >= 11 is 5.47. The summed E-state index contributed by atoms with van der Waals surface area (Å²) in [4.78, 5) is 71.8. The lowest BCUT2D eigenvalue weighted by atomic mass is 10.0. The second-order valence-corrected chi connectivity index (χ2v) is 11.9. The first-order valence-corrected chi connectivity index (χ1v) is 16.8. The molecule has 2 rings (SSSR count). The molecule has 0 saturated carbocycles. The quantitative estimate of drug-likeness (QED) is 0.0569. The summed E-state index contributed by atoms with van der Waals surface area (Å²) in [6.45, 7) is 0.383. The number of benzene rings is 1. The number of thioether (sulfide) groups is 1. The van der Waals surface area contributed by atoms with Gasteiger partial charge in [-0.25, -0.2) is 9.78 Å². The van der Waals surface area contributed by atoms with Crippen LogP contribution in [0.5, 0.6) is 5.75 Å². The summed E-state index contributed by atoms with van der Waals surface area (Å²) in [5.74, 6) is -3.40. The summed E-state index contributed by atoms with van der Waals surface area (Å²) in [5, 5.41) is 29.9. The minimum absolute atomic E-state index is 0.00798. The number of amides is 4. The number of phenols is 1. The number of carboxylic acid groups (broad SMARTS) is 1. The van der Waals surface area contributed by atoms with E-state index >= 15 is 0 Å². The molecular weight excluding hydrogens is 637 g/mol. The summed E-state index contributed by atoms with van der Waals surface area (Å²) in [6, 6.07) is 0.385. The molecule has 4 amide bonds. The van der Waals surface area contributed by atoms with Gasteiger partial charge in [-0.15, -0.1) is 0 Å². The predicted octanol–water partition coefficient (Wildman–Crippen LogP) is -0.936. The van der Waals surface area contributed by atoms with Crippen molar-refractivity contribution in [1.29, 1.82) is 0 Å². The number of thiol groups is 1. The maximum Gasteiger partial charge on any atom is 0.326 e. The number of carbonyl (C=O) groups excluding carboxylic acids is 4. The molecule has 17 heteroatoms. The fourth-order valence-electron chi connectivity index (χ4n) is 4.33. The van der Waals surface area contributed by atoms with Gasteiger partial charge < -0.3 is 47.9 Å². The van der Waals surface area contributed by atoms with E-state index in [1.165, 1.54) is 36.4 Å². The third-order valence-corrected chi connectivity index (χ3v) is 7.99. The molecule has 1 heterocycles. The Morgan fingerprint density at radius 1 is 0.891 bits per heavy atom. The van der Waals surface area contributed by atoms with E-state index < -0.39 is 59.8 Å². The molecule has 254 valence electrons. The highest BCUT2D eigenvalue weighted by molar-refractivity contribution is 7.98. The SMILES string of the molecule is CSCC[C@H](NC(=O)[C@H](Cc1ccc(O)cc1)NC(=O)[C@H](CCCCN)NC(=O)[C@@H](N)CS)C(=O)N[C@@H](Cc1c[nH]cn1)C(=O)O. The number of rotatable bonds is 21. The molecule has 5 atom stereocenters. The van der Waals surface area contributed by atoms with Crippen LogP contribution in [0.3, 0.4) is 0 Å². The van der Waals surface area contributed by atoms with Gasteiger partial charge in [0, 0.05) is 24.8 Å². The normalized spacial score (nSPS) is 14.3. The van der Waals surface area contributed by atoms with Crippen molar-refractivity contribution in [2.45, 2.75) is 68.7 Å². The van der Waals surface area contributed by atoms with Crippen LogP contribution in [0, 0.1) is 0 Å². The number of unbranched alkanes of at least 4 members (excludes halogenated alkanes) is 1. The topological polar surface area (TPSA) is 255 Å². The number of carbonyl (C=O) groups is 5. The van der Waals surface area contributed by atoms with Crippen LogP contribution >= 0.6 is 24.4 Å². The number of aliphatic carboxylic acids is 1. The van der Waals surface area contributed by atoms with Crippen LogP contribution in [0.1, 0.15) is 36.9 Å². The monoisotopic (exact) mass is 680 g/mol. The van der Waals surface area contributed by atoms with Gasteiger partial charge in [0.2, 0.25) is 23.6 Å². The van der Waals surface area contributed by atoms with E-state index in [4.69, 9.17) is 11.5 Å². The number of aromatic nitrogens is 2. The van der Waals surface area contributed by atoms with Gasteiger partial charge in [-0.1, -0.05) is 12.1 Å². The van der Waals surface area contributed by atoms with Crippen molar-refractivity contribution in [2.75, 3.05) is 24.3 Å². The van der Waals surface area contributed by atoms with Crippen molar-refractivity contribution in [1.82, 2.24) is 31.2 Å². The van der Waals surface area contributed by atoms with E-state index in [-0.39, 0.29) is 37.2 Å². The van der Waals surface area contributed by atoms with Crippen molar-refractivity contribution < 1.29 is 34.2 Å². The molecule has 46 heavy (non-hydrogen) atoms. The van der Waals surface area contributed by atoms with Crippen LogP contribution < -0.4 is 32.7 Å². The Morgan fingerprint density at radius 2 is 1.48 bits per heavy atom. The van der Waals surface area contributed by atoms with Gasteiger partial charge in [-0.2, -0.15) is 24.4 Å². The lowest BCUT2D eigenvalue weighted by molar-refractivity contribution is -0.142. The van der Waals surface area contributed by atoms with Crippen LogP contribution in [0.25, 0.3) is 0 Å².